The summed E-state index contributed by atoms with van der Waals surface area (Å²) in [7, 11) is 0. The van der Waals surface area contributed by atoms with Gasteiger partial charge in [-0.1, -0.05) is 0 Å². The predicted octanol–water partition coefficient (Wildman–Crippen LogP) is -1.44. The van der Waals surface area contributed by atoms with Crippen LogP contribution in [0, 0.1) is 0 Å². The standard InChI is InChI=1S/C4H8O2.Na.H2O.H/c1-2-6-4-3-5-1;;;/h1-4H2;;1H2;. The van der Waals surface area contributed by atoms with E-state index in [1.165, 1.54) is 0 Å². The molecule has 0 spiro atoms. The molecule has 0 aliphatic carbocycles. The van der Waals surface area contributed by atoms with E-state index in [1.54, 1.807) is 0 Å². The zero-order valence-corrected chi connectivity index (χ0v) is 4.14. The van der Waals surface area contributed by atoms with Crippen LogP contribution >= 0.6 is 0 Å². The summed E-state index contributed by atoms with van der Waals surface area (Å²) < 4.78 is 9.89. The summed E-state index contributed by atoms with van der Waals surface area (Å²) in [5.41, 5.74) is 0. The van der Waals surface area contributed by atoms with E-state index in [-0.39, 0.29) is 35.0 Å². The Morgan fingerprint density at radius 2 is 1.00 bits per heavy atom. The minimum atomic E-state index is 0. The molecule has 0 aromatic rings. The molecular weight excluding hydrogens is 119 g/mol. The summed E-state index contributed by atoms with van der Waals surface area (Å²) in [6.45, 7) is 3.11. The Balaban J connectivity index is 0. The second-order valence-corrected chi connectivity index (χ2v) is 1.22. The fourth-order valence-corrected chi connectivity index (χ4v) is 0.440. The van der Waals surface area contributed by atoms with Gasteiger partial charge in [0.05, 0.1) is 26.4 Å². The van der Waals surface area contributed by atoms with E-state index in [9.17, 15) is 0 Å². The van der Waals surface area contributed by atoms with E-state index in [0.29, 0.717) is 0 Å². The summed E-state index contributed by atoms with van der Waals surface area (Å²) in [5, 5.41) is 0. The predicted molar refractivity (Wildman–Crippen MR) is 32.4 cm³/mol. The molecule has 1 heterocycles. The van der Waals surface area contributed by atoms with Gasteiger partial charge >= 0.3 is 29.6 Å². The van der Waals surface area contributed by atoms with Gasteiger partial charge in [-0.05, 0) is 0 Å². The van der Waals surface area contributed by atoms with Gasteiger partial charge in [-0.15, -0.1) is 0 Å². The molecule has 0 amide bonds. The van der Waals surface area contributed by atoms with Crippen molar-refractivity contribution in [3.05, 3.63) is 0 Å². The minimum absolute atomic E-state index is 0. The van der Waals surface area contributed by atoms with Crippen LogP contribution in [0.1, 0.15) is 0 Å². The van der Waals surface area contributed by atoms with E-state index >= 15 is 0 Å². The van der Waals surface area contributed by atoms with E-state index < -0.39 is 0 Å². The maximum atomic E-state index is 4.94. The molecule has 4 heteroatoms. The maximum absolute atomic E-state index is 4.94. The molecule has 1 aliphatic heterocycles. The molecule has 0 atom stereocenters. The van der Waals surface area contributed by atoms with Gasteiger partial charge in [0, 0.05) is 0 Å². The van der Waals surface area contributed by atoms with Crippen molar-refractivity contribution in [3.8, 4) is 0 Å². The van der Waals surface area contributed by atoms with E-state index in [4.69, 9.17) is 9.47 Å². The Bertz CT molecular complexity index is 26.8. The van der Waals surface area contributed by atoms with Crippen LogP contribution in [0.2, 0.25) is 0 Å². The van der Waals surface area contributed by atoms with E-state index in [0.717, 1.165) is 26.4 Å². The summed E-state index contributed by atoms with van der Waals surface area (Å²) in [5.74, 6) is 0. The second-order valence-electron chi connectivity index (χ2n) is 1.22. The molecule has 8 heavy (non-hydrogen) atoms. The van der Waals surface area contributed by atoms with Crippen molar-refractivity contribution < 1.29 is 14.9 Å². The first kappa shape index (κ1) is 11.6. The van der Waals surface area contributed by atoms with Crippen LogP contribution < -0.4 is 0 Å². The Morgan fingerprint density at radius 3 is 1.12 bits per heavy atom. The SMILES string of the molecule is C1COCCO1.O.[NaH]. The van der Waals surface area contributed by atoms with Crippen molar-refractivity contribution in [2.75, 3.05) is 26.4 Å². The molecule has 3 nitrogen and oxygen atoms in total. The van der Waals surface area contributed by atoms with Gasteiger partial charge in [-0.3, -0.25) is 0 Å². The number of hydrogen-bond donors (Lipinski definition) is 0. The van der Waals surface area contributed by atoms with Crippen LogP contribution in [-0.4, -0.2) is 61.5 Å². The third-order valence-corrected chi connectivity index (χ3v) is 0.744. The van der Waals surface area contributed by atoms with Crippen LogP contribution in [0.15, 0.2) is 0 Å². The average molecular weight is 130 g/mol. The molecule has 1 rings (SSSR count). The molecule has 0 radical (unpaired) electrons. The van der Waals surface area contributed by atoms with Gasteiger partial charge in [-0.2, -0.15) is 0 Å². The first-order valence-electron chi connectivity index (χ1n) is 2.15. The topological polar surface area (TPSA) is 50.0 Å². The van der Waals surface area contributed by atoms with E-state index in [2.05, 4.69) is 0 Å². The third kappa shape index (κ3) is 5.03. The van der Waals surface area contributed by atoms with Gasteiger partial charge in [0.2, 0.25) is 0 Å². The van der Waals surface area contributed by atoms with Crippen molar-refractivity contribution in [2.24, 2.45) is 0 Å². The molecule has 1 fully saturated rings. The first-order valence-corrected chi connectivity index (χ1v) is 2.15. The summed E-state index contributed by atoms with van der Waals surface area (Å²) in [4.78, 5) is 0. The quantitative estimate of drug-likeness (QED) is 0.377. The number of rotatable bonds is 0. The zero-order chi connectivity index (χ0) is 4.24. The summed E-state index contributed by atoms with van der Waals surface area (Å²) in [6.07, 6.45) is 0. The molecule has 0 aromatic carbocycles. The molecule has 46 valence electrons. The molecular formula is C4H11NaO3. The molecule has 0 saturated carbocycles. The van der Waals surface area contributed by atoms with Gasteiger partial charge < -0.3 is 14.9 Å². The van der Waals surface area contributed by atoms with Crippen LogP contribution in [0.25, 0.3) is 0 Å². The Hall–Kier alpha value is 0.880. The van der Waals surface area contributed by atoms with Crippen molar-refractivity contribution in [1.29, 1.82) is 0 Å². The zero-order valence-electron chi connectivity index (χ0n) is 4.14. The third-order valence-electron chi connectivity index (χ3n) is 0.744. The summed E-state index contributed by atoms with van der Waals surface area (Å²) in [6, 6.07) is 0. The van der Waals surface area contributed by atoms with Gasteiger partial charge in [0.25, 0.3) is 0 Å². The first-order chi connectivity index (χ1) is 3.00. The Labute approximate surface area is 70.9 Å². The monoisotopic (exact) mass is 130 g/mol. The summed E-state index contributed by atoms with van der Waals surface area (Å²) >= 11 is 0. The number of hydrogen-bond acceptors (Lipinski definition) is 2. The normalized spacial score (nSPS) is 18.0. The van der Waals surface area contributed by atoms with Crippen LogP contribution in [0.5, 0.6) is 0 Å². The Morgan fingerprint density at radius 1 is 0.750 bits per heavy atom. The van der Waals surface area contributed by atoms with Crippen LogP contribution in [-0.2, 0) is 9.47 Å². The van der Waals surface area contributed by atoms with Crippen molar-refractivity contribution in [3.63, 3.8) is 0 Å². The number of ether oxygens (including phenoxy) is 2. The van der Waals surface area contributed by atoms with Crippen molar-refractivity contribution in [2.45, 2.75) is 0 Å². The molecule has 1 saturated heterocycles. The van der Waals surface area contributed by atoms with E-state index in [1.807, 2.05) is 0 Å². The average Bonchev–Trinajstić information content (AvgIpc) is 1.72. The Kier molecular flexibility index (Phi) is 11.5. The van der Waals surface area contributed by atoms with Crippen LogP contribution in [0.3, 0.4) is 0 Å². The van der Waals surface area contributed by atoms with Gasteiger partial charge in [0.15, 0.2) is 0 Å². The molecule has 0 bridgehead atoms. The van der Waals surface area contributed by atoms with Crippen molar-refractivity contribution >= 4 is 29.6 Å². The molecule has 0 unspecified atom stereocenters. The fourth-order valence-electron chi connectivity index (χ4n) is 0.440. The van der Waals surface area contributed by atoms with Crippen LogP contribution in [0.4, 0.5) is 0 Å². The second kappa shape index (κ2) is 7.88. The molecule has 1 aliphatic rings. The molecule has 2 N–H and O–H groups in total. The molecule has 0 aromatic heterocycles. The van der Waals surface area contributed by atoms with Crippen molar-refractivity contribution in [1.82, 2.24) is 0 Å². The van der Waals surface area contributed by atoms with Gasteiger partial charge in [0.1, 0.15) is 0 Å². The van der Waals surface area contributed by atoms with Gasteiger partial charge in [-0.25, -0.2) is 0 Å². The fraction of sp³-hybridized carbons (Fsp3) is 1.00.